The van der Waals surface area contributed by atoms with E-state index in [9.17, 15) is 14.7 Å². The van der Waals surface area contributed by atoms with Gasteiger partial charge in [0.2, 0.25) is 0 Å². The van der Waals surface area contributed by atoms with Crippen LogP contribution in [-0.4, -0.2) is 48.1 Å². The van der Waals surface area contributed by atoms with E-state index >= 15 is 0 Å². The van der Waals surface area contributed by atoms with Crippen LogP contribution in [0.3, 0.4) is 0 Å². The molecule has 176 valence electrons. The number of hydrogen-bond acceptors (Lipinski definition) is 5. The van der Waals surface area contributed by atoms with Gasteiger partial charge in [-0.05, 0) is 54.7 Å². The summed E-state index contributed by atoms with van der Waals surface area (Å²) in [5.41, 5.74) is 2.40. The van der Waals surface area contributed by atoms with E-state index < -0.39 is 17.7 Å². The predicted molar refractivity (Wildman–Crippen MR) is 128 cm³/mol. The largest absolute Gasteiger partial charge is 0.507 e. The number of Topliss-reactive ketones (excluding diaryl/α,β-unsaturated/α-hetero) is 1. The number of hydrogen-bond donors (Lipinski definition) is 1. The fourth-order valence-corrected chi connectivity index (χ4v) is 3.93. The van der Waals surface area contributed by atoms with Gasteiger partial charge in [0.25, 0.3) is 11.7 Å². The number of ether oxygens (including phenoxy) is 2. The normalized spacial score (nSPS) is 18.3. The maximum Gasteiger partial charge on any atom is 0.295 e. The van der Waals surface area contributed by atoms with Crippen LogP contribution in [0.1, 0.15) is 57.4 Å². The van der Waals surface area contributed by atoms with Crippen molar-refractivity contribution in [3.63, 3.8) is 0 Å². The average molecular weight is 452 g/mol. The summed E-state index contributed by atoms with van der Waals surface area (Å²) in [5.74, 6) is -0.875. The fraction of sp³-hybridized carbons (Fsp3) is 0.407. The van der Waals surface area contributed by atoms with E-state index in [0.29, 0.717) is 11.3 Å². The molecule has 2 aromatic rings. The van der Waals surface area contributed by atoms with E-state index in [1.54, 1.807) is 31.4 Å². The highest BCUT2D eigenvalue weighted by molar-refractivity contribution is 6.46. The number of carbonyl (C=O) groups excluding carboxylic acids is 2. The molecule has 1 atom stereocenters. The number of nitrogens with zero attached hydrogens (tertiary/aromatic N) is 1. The lowest BCUT2D eigenvalue weighted by Gasteiger charge is -2.26. The predicted octanol–water partition coefficient (Wildman–Crippen LogP) is 4.84. The highest BCUT2D eigenvalue weighted by Gasteiger charge is 2.45. The standard InChI is InChI=1S/C27H33NO5/c1-17(2)33-21-13-9-19(10-14-21)24(29)22-23(28(15-16-32-6)26(31)25(22)30)18-7-11-20(12-8-18)27(3,4)5/h7-14,17,23,29H,15-16H2,1-6H3/b24-22+. The Bertz CT molecular complexity index is 1030. The highest BCUT2D eigenvalue weighted by atomic mass is 16.5. The van der Waals surface area contributed by atoms with Crippen molar-refractivity contribution in [2.45, 2.75) is 52.2 Å². The minimum atomic E-state index is -0.698. The van der Waals surface area contributed by atoms with Gasteiger partial charge >= 0.3 is 0 Å². The average Bonchev–Trinajstić information content (AvgIpc) is 3.01. The summed E-state index contributed by atoms with van der Waals surface area (Å²) in [6.45, 7) is 10.8. The first-order valence-corrected chi connectivity index (χ1v) is 11.2. The Labute approximate surface area is 195 Å². The first-order chi connectivity index (χ1) is 15.5. The molecule has 1 unspecified atom stereocenters. The van der Waals surface area contributed by atoms with Crippen molar-refractivity contribution in [1.82, 2.24) is 4.90 Å². The molecule has 1 N–H and O–H groups in total. The maximum absolute atomic E-state index is 13.0. The number of benzene rings is 2. The van der Waals surface area contributed by atoms with Crippen LogP contribution in [0.2, 0.25) is 0 Å². The smallest absolute Gasteiger partial charge is 0.295 e. The Balaban J connectivity index is 2.08. The summed E-state index contributed by atoms with van der Waals surface area (Å²) in [7, 11) is 1.55. The third-order valence-corrected chi connectivity index (χ3v) is 5.67. The van der Waals surface area contributed by atoms with E-state index in [4.69, 9.17) is 9.47 Å². The van der Waals surface area contributed by atoms with Crippen LogP contribution in [0.4, 0.5) is 0 Å². The summed E-state index contributed by atoms with van der Waals surface area (Å²) in [4.78, 5) is 27.4. The Morgan fingerprint density at radius 2 is 1.64 bits per heavy atom. The second-order valence-electron chi connectivity index (χ2n) is 9.55. The summed E-state index contributed by atoms with van der Waals surface area (Å²) in [5, 5.41) is 11.1. The van der Waals surface area contributed by atoms with Gasteiger partial charge in [-0.3, -0.25) is 9.59 Å². The molecule has 0 aromatic heterocycles. The Kier molecular flexibility index (Phi) is 7.28. The molecule has 33 heavy (non-hydrogen) atoms. The van der Waals surface area contributed by atoms with Crippen LogP contribution in [0.5, 0.6) is 5.75 Å². The molecule has 6 nitrogen and oxygen atoms in total. The summed E-state index contributed by atoms with van der Waals surface area (Å²) in [6, 6.07) is 14.0. The molecule has 1 aliphatic rings. The first-order valence-electron chi connectivity index (χ1n) is 11.2. The van der Waals surface area contributed by atoms with E-state index in [2.05, 4.69) is 20.8 Å². The molecule has 0 saturated carbocycles. The van der Waals surface area contributed by atoms with E-state index in [1.807, 2.05) is 38.1 Å². The molecule has 0 aliphatic carbocycles. The molecule has 1 amide bonds. The van der Waals surface area contributed by atoms with Crippen LogP contribution in [0, 0.1) is 0 Å². The van der Waals surface area contributed by atoms with E-state index in [0.717, 1.165) is 11.1 Å². The number of aliphatic hydroxyl groups is 1. The number of ketones is 1. The molecule has 0 bridgehead atoms. The molecule has 3 rings (SSSR count). The molecular formula is C27H33NO5. The Hall–Kier alpha value is -3.12. The Morgan fingerprint density at radius 3 is 2.15 bits per heavy atom. The van der Waals surface area contributed by atoms with Crippen LogP contribution in [0.25, 0.3) is 5.76 Å². The van der Waals surface area contributed by atoms with Gasteiger partial charge in [0.1, 0.15) is 11.5 Å². The molecule has 1 aliphatic heterocycles. The van der Waals surface area contributed by atoms with E-state index in [-0.39, 0.29) is 36.0 Å². The molecule has 1 fully saturated rings. The van der Waals surface area contributed by atoms with Crippen molar-refractivity contribution in [2.24, 2.45) is 0 Å². The molecule has 1 heterocycles. The molecule has 0 radical (unpaired) electrons. The SMILES string of the molecule is COCCN1C(=O)C(=O)/C(=C(/O)c2ccc(OC(C)C)cc2)C1c1ccc(C(C)(C)C)cc1. The monoisotopic (exact) mass is 451 g/mol. The van der Waals surface area contributed by atoms with Gasteiger partial charge in [0, 0.05) is 19.2 Å². The van der Waals surface area contributed by atoms with Crippen LogP contribution in [0.15, 0.2) is 54.1 Å². The Morgan fingerprint density at radius 1 is 1.03 bits per heavy atom. The fourth-order valence-electron chi connectivity index (χ4n) is 3.93. The van der Waals surface area contributed by atoms with Gasteiger partial charge < -0.3 is 19.5 Å². The summed E-state index contributed by atoms with van der Waals surface area (Å²) in [6.07, 6.45) is 0.0200. The van der Waals surface area contributed by atoms with Crippen molar-refractivity contribution in [3.05, 3.63) is 70.8 Å². The molecule has 0 spiro atoms. The quantitative estimate of drug-likeness (QED) is 0.370. The van der Waals surface area contributed by atoms with Crippen molar-refractivity contribution in [2.75, 3.05) is 20.3 Å². The molecular weight excluding hydrogens is 418 g/mol. The molecule has 6 heteroatoms. The summed E-state index contributed by atoms with van der Waals surface area (Å²) < 4.78 is 10.8. The topological polar surface area (TPSA) is 76.1 Å². The zero-order chi connectivity index (χ0) is 24.3. The van der Waals surface area contributed by atoms with Gasteiger partial charge in [0.15, 0.2) is 0 Å². The van der Waals surface area contributed by atoms with Gasteiger partial charge in [-0.15, -0.1) is 0 Å². The number of carbonyl (C=O) groups is 2. The number of rotatable bonds is 7. The number of aliphatic hydroxyl groups excluding tert-OH is 1. The number of likely N-dealkylation sites (tertiary alicyclic amines) is 1. The highest BCUT2D eigenvalue weighted by Crippen LogP contribution is 2.40. The van der Waals surface area contributed by atoms with Crippen LogP contribution in [-0.2, 0) is 19.7 Å². The number of amides is 1. The van der Waals surface area contributed by atoms with Gasteiger partial charge in [-0.1, -0.05) is 45.0 Å². The zero-order valence-corrected chi connectivity index (χ0v) is 20.2. The lowest BCUT2D eigenvalue weighted by molar-refractivity contribution is -0.140. The molecule has 2 aromatic carbocycles. The van der Waals surface area contributed by atoms with Crippen LogP contribution < -0.4 is 4.74 Å². The van der Waals surface area contributed by atoms with Gasteiger partial charge in [-0.2, -0.15) is 0 Å². The van der Waals surface area contributed by atoms with Crippen molar-refractivity contribution in [1.29, 1.82) is 0 Å². The maximum atomic E-state index is 13.0. The van der Waals surface area contributed by atoms with Gasteiger partial charge in [-0.25, -0.2) is 0 Å². The van der Waals surface area contributed by atoms with Gasteiger partial charge in [0.05, 0.1) is 24.3 Å². The van der Waals surface area contributed by atoms with E-state index in [1.165, 1.54) is 4.90 Å². The third-order valence-electron chi connectivity index (χ3n) is 5.67. The lowest BCUT2D eigenvalue weighted by Crippen LogP contribution is -2.32. The lowest BCUT2D eigenvalue weighted by atomic mass is 9.85. The minimum absolute atomic E-state index is 0.0200. The van der Waals surface area contributed by atoms with Crippen molar-refractivity contribution in [3.8, 4) is 5.75 Å². The number of methoxy groups -OCH3 is 1. The summed E-state index contributed by atoms with van der Waals surface area (Å²) >= 11 is 0. The van der Waals surface area contributed by atoms with Crippen molar-refractivity contribution < 1.29 is 24.2 Å². The van der Waals surface area contributed by atoms with Crippen molar-refractivity contribution >= 4 is 17.4 Å². The second-order valence-corrected chi connectivity index (χ2v) is 9.55. The first kappa shape index (κ1) is 24.5. The zero-order valence-electron chi connectivity index (χ0n) is 20.2. The van der Waals surface area contributed by atoms with Crippen LogP contribution >= 0.6 is 0 Å². The third kappa shape index (κ3) is 5.28. The second kappa shape index (κ2) is 9.79. The molecule has 1 saturated heterocycles. The minimum Gasteiger partial charge on any atom is -0.507 e.